The Morgan fingerprint density at radius 2 is 1.83 bits per heavy atom. The lowest BCUT2D eigenvalue weighted by Crippen LogP contribution is -2.25. The van der Waals surface area contributed by atoms with E-state index in [0.717, 1.165) is 17.0 Å². The number of ether oxygens (including phenoxy) is 1. The topological polar surface area (TPSA) is 69.4 Å². The summed E-state index contributed by atoms with van der Waals surface area (Å²) in [6.45, 7) is 4.14. The van der Waals surface area contributed by atoms with Crippen molar-refractivity contribution in [3.05, 3.63) is 70.5 Å². The molecule has 1 aliphatic heterocycles. The van der Waals surface area contributed by atoms with Crippen molar-refractivity contribution >= 4 is 28.4 Å². The lowest BCUT2D eigenvalue weighted by Gasteiger charge is -2.19. The molecule has 0 fully saturated rings. The van der Waals surface area contributed by atoms with Crippen molar-refractivity contribution in [1.82, 2.24) is 4.98 Å². The largest absolute Gasteiger partial charge is 0.510 e. The fourth-order valence-electron chi connectivity index (χ4n) is 3.14. The van der Waals surface area contributed by atoms with Gasteiger partial charge < -0.3 is 14.7 Å². The fourth-order valence-corrected chi connectivity index (χ4v) is 4.04. The Bertz CT molecular complexity index is 1070. The molecule has 0 spiro atoms. The van der Waals surface area contributed by atoms with E-state index in [-0.39, 0.29) is 30.1 Å². The van der Waals surface area contributed by atoms with Gasteiger partial charge in [-0.3, -0.25) is 5.41 Å². The van der Waals surface area contributed by atoms with Gasteiger partial charge in [0.05, 0.1) is 23.9 Å². The van der Waals surface area contributed by atoms with Crippen LogP contribution in [0.25, 0.3) is 16.8 Å². The minimum absolute atomic E-state index is 0.0865. The molecule has 7 heteroatoms. The van der Waals surface area contributed by atoms with E-state index in [0.29, 0.717) is 16.3 Å². The third-order valence-corrected chi connectivity index (χ3v) is 5.34. The lowest BCUT2D eigenvalue weighted by atomic mass is 10.2. The highest BCUT2D eigenvalue weighted by Gasteiger charge is 2.31. The average Bonchev–Trinajstić information content (AvgIpc) is 3.27. The quantitative estimate of drug-likeness (QED) is 0.584. The molecule has 0 saturated heterocycles. The standard InChI is InChI=1S/C22H20FN3O2S/c1-13(2)28-17-9-7-16(8-10-17)26-11-19(27)20(21(26)24)22-25-18(12-29-22)14-3-5-15(23)6-4-14/h3-10,12-13,24,27H,11H2,1-2H3. The van der Waals surface area contributed by atoms with Crippen LogP contribution in [-0.2, 0) is 0 Å². The van der Waals surface area contributed by atoms with Gasteiger partial charge in [-0.2, -0.15) is 0 Å². The molecule has 148 valence electrons. The summed E-state index contributed by atoms with van der Waals surface area (Å²) in [5.41, 5.74) is 2.69. The van der Waals surface area contributed by atoms with Crippen LogP contribution in [0.15, 0.2) is 59.7 Å². The summed E-state index contributed by atoms with van der Waals surface area (Å²) < 4.78 is 18.8. The van der Waals surface area contributed by atoms with Crippen LogP contribution in [0.2, 0.25) is 0 Å². The highest BCUT2D eigenvalue weighted by atomic mass is 32.1. The third-order valence-electron chi connectivity index (χ3n) is 4.48. The Kier molecular flexibility index (Phi) is 5.07. The lowest BCUT2D eigenvalue weighted by molar-refractivity contribution is 0.242. The molecule has 1 aromatic heterocycles. The molecular weight excluding hydrogens is 389 g/mol. The van der Waals surface area contributed by atoms with Crippen LogP contribution < -0.4 is 9.64 Å². The Morgan fingerprint density at radius 3 is 2.48 bits per heavy atom. The van der Waals surface area contributed by atoms with E-state index < -0.39 is 0 Å². The molecule has 2 aromatic carbocycles. The number of anilines is 1. The minimum atomic E-state index is -0.303. The number of aliphatic hydroxyl groups excluding tert-OH is 1. The number of benzene rings is 2. The highest BCUT2D eigenvalue weighted by Crippen LogP contribution is 2.34. The van der Waals surface area contributed by atoms with Crippen molar-refractivity contribution in [1.29, 1.82) is 5.41 Å². The Morgan fingerprint density at radius 1 is 1.14 bits per heavy atom. The second-order valence-electron chi connectivity index (χ2n) is 6.96. The van der Waals surface area contributed by atoms with Crippen LogP contribution in [0.4, 0.5) is 10.1 Å². The Hall–Kier alpha value is -3.19. The van der Waals surface area contributed by atoms with Crippen LogP contribution >= 0.6 is 11.3 Å². The summed E-state index contributed by atoms with van der Waals surface area (Å²) in [4.78, 5) is 6.28. The molecule has 1 aliphatic rings. The second-order valence-corrected chi connectivity index (χ2v) is 7.82. The van der Waals surface area contributed by atoms with Gasteiger partial charge in [0.25, 0.3) is 0 Å². The number of aromatic nitrogens is 1. The fraction of sp³-hybridized carbons (Fsp3) is 0.182. The van der Waals surface area contributed by atoms with Crippen molar-refractivity contribution in [3.8, 4) is 17.0 Å². The van der Waals surface area contributed by atoms with Crippen molar-refractivity contribution in [2.45, 2.75) is 20.0 Å². The zero-order chi connectivity index (χ0) is 20.5. The SMILES string of the molecule is CC(C)Oc1ccc(N2CC(O)=C(c3nc(-c4ccc(F)cc4)cs3)C2=N)cc1. The number of hydrogen-bond acceptors (Lipinski definition) is 5. The molecular formula is C22H20FN3O2S. The smallest absolute Gasteiger partial charge is 0.139 e. The zero-order valence-corrected chi connectivity index (χ0v) is 16.8. The van der Waals surface area contributed by atoms with Gasteiger partial charge in [-0.1, -0.05) is 0 Å². The normalized spacial score (nSPS) is 14.2. The molecule has 0 aliphatic carbocycles. The molecule has 0 atom stereocenters. The number of amidine groups is 1. The number of hydrogen-bond donors (Lipinski definition) is 2. The van der Waals surface area contributed by atoms with Crippen LogP contribution in [0.1, 0.15) is 18.9 Å². The third kappa shape index (κ3) is 3.86. The average molecular weight is 409 g/mol. The molecule has 0 bridgehead atoms. The maximum absolute atomic E-state index is 13.1. The molecule has 4 rings (SSSR count). The number of nitrogens with one attached hydrogen (secondary N) is 1. The molecule has 29 heavy (non-hydrogen) atoms. The van der Waals surface area contributed by atoms with Gasteiger partial charge in [0.15, 0.2) is 0 Å². The predicted octanol–water partition coefficient (Wildman–Crippen LogP) is 5.50. The summed E-state index contributed by atoms with van der Waals surface area (Å²) in [5, 5.41) is 21.5. The van der Waals surface area contributed by atoms with Crippen LogP contribution in [0.5, 0.6) is 5.75 Å². The summed E-state index contributed by atoms with van der Waals surface area (Å²) in [7, 11) is 0. The number of halogens is 1. The van der Waals surface area contributed by atoms with E-state index >= 15 is 0 Å². The number of aliphatic hydroxyl groups is 1. The van der Waals surface area contributed by atoms with Gasteiger partial charge in [0.1, 0.15) is 28.2 Å². The summed E-state index contributed by atoms with van der Waals surface area (Å²) in [5.74, 6) is 0.760. The molecule has 0 radical (unpaired) electrons. The Balaban J connectivity index is 1.56. The van der Waals surface area contributed by atoms with Crippen LogP contribution in [-0.4, -0.2) is 28.6 Å². The second kappa shape index (κ2) is 7.67. The van der Waals surface area contributed by atoms with Crippen molar-refractivity contribution < 1.29 is 14.2 Å². The van der Waals surface area contributed by atoms with Crippen molar-refractivity contribution in [2.75, 3.05) is 11.4 Å². The van der Waals surface area contributed by atoms with E-state index in [1.807, 2.05) is 43.5 Å². The molecule has 2 heterocycles. The Labute approximate surface area is 172 Å². The van der Waals surface area contributed by atoms with Crippen molar-refractivity contribution in [3.63, 3.8) is 0 Å². The molecule has 3 aromatic rings. The van der Waals surface area contributed by atoms with Gasteiger partial charge in [-0.05, 0) is 62.4 Å². The first-order valence-corrected chi connectivity index (χ1v) is 10.1. The first-order chi connectivity index (χ1) is 13.9. The predicted molar refractivity (Wildman–Crippen MR) is 114 cm³/mol. The minimum Gasteiger partial charge on any atom is -0.510 e. The van der Waals surface area contributed by atoms with Gasteiger partial charge in [-0.25, -0.2) is 9.37 Å². The van der Waals surface area contributed by atoms with E-state index in [1.165, 1.54) is 23.5 Å². The van der Waals surface area contributed by atoms with Gasteiger partial charge in [-0.15, -0.1) is 11.3 Å². The van der Waals surface area contributed by atoms with Crippen molar-refractivity contribution in [2.24, 2.45) is 0 Å². The first kappa shape index (κ1) is 19.1. The van der Waals surface area contributed by atoms with E-state index in [1.54, 1.807) is 17.0 Å². The monoisotopic (exact) mass is 409 g/mol. The number of thiazole rings is 1. The van der Waals surface area contributed by atoms with E-state index in [9.17, 15) is 9.50 Å². The number of rotatable bonds is 5. The highest BCUT2D eigenvalue weighted by molar-refractivity contribution is 7.11. The summed E-state index contributed by atoms with van der Waals surface area (Å²) >= 11 is 1.35. The molecule has 0 saturated carbocycles. The van der Waals surface area contributed by atoms with Crippen LogP contribution in [0.3, 0.4) is 0 Å². The van der Waals surface area contributed by atoms with E-state index in [2.05, 4.69) is 4.98 Å². The van der Waals surface area contributed by atoms with Crippen LogP contribution in [0, 0.1) is 11.2 Å². The molecule has 5 nitrogen and oxygen atoms in total. The maximum Gasteiger partial charge on any atom is 0.139 e. The molecule has 0 amide bonds. The zero-order valence-electron chi connectivity index (χ0n) is 16.0. The van der Waals surface area contributed by atoms with E-state index in [4.69, 9.17) is 10.1 Å². The van der Waals surface area contributed by atoms with Gasteiger partial charge >= 0.3 is 0 Å². The number of nitrogens with zero attached hydrogens (tertiary/aromatic N) is 2. The van der Waals surface area contributed by atoms with Gasteiger partial charge in [0, 0.05) is 16.6 Å². The maximum atomic E-state index is 13.1. The first-order valence-electron chi connectivity index (χ1n) is 9.19. The molecule has 2 N–H and O–H groups in total. The summed E-state index contributed by atoms with van der Waals surface area (Å²) in [6, 6.07) is 13.5. The van der Waals surface area contributed by atoms with Gasteiger partial charge in [0.2, 0.25) is 0 Å². The molecule has 0 unspecified atom stereocenters. The summed E-state index contributed by atoms with van der Waals surface area (Å²) in [6.07, 6.45) is 0.0865.